The Hall–Kier alpha value is -0.100. The Kier molecular flexibility index (Phi) is 3.34. The van der Waals surface area contributed by atoms with Crippen molar-refractivity contribution in [3.8, 4) is 0 Å². The zero-order valence-corrected chi connectivity index (χ0v) is 8.19. The first-order chi connectivity index (χ1) is 5.92. The summed E-state index contributed by atoms with van der Waals surface area (Å²) in [4.78, 5) is 10.9. The van der Waals surface area contributed by atoms with Gasteiger partial charge in [-0.25, -0.2) is 0 Å². The van der Waals surface area contributed by atoms with Gasteiger partial charge in [-0.3, -0.25) is 9.53 Å². The molecule has 0 amide bonds. The van der Waals surface area contributed by atoms with Crippen LogP contribution < -0.4 is 0 Å². The highest BCUT2D eigenvalue weighted by Crippen LogP contribution is 2.35. The largest absolute Gasteiger partial charge is 0.522 e. The first-order valence-corrected chi connectivity index (χ1v) is 4.87. The van der Waals surface area contributed by atoms with E-state index in [1.54, 1.807) is 0 Å². The number of ether oxygens (including phenoxy) is 1. The Balaban J connectivity index is 2.22. The van der Waals surface area contributed by atoms with E-state index in [1.807, 2.05) is 0 Å². The second-order valence-corrected chi connectivity index (χ2v) is 3.51. The van der Waals surface area contributed by atoms with Crippen LogP contribution in [0, 0.1) is 5.92 Å². The molecule has 0 aliphatic heterocycles. The van der Waals surface area contributed by atoms with Gasteiger partial charge in [-0.05, 0) is 12.8 Å². The Morgan fingerprint density at radius 3 is 2.38 bits per heavy atom. The van der Waals surface area contributed by atoms with Gasteiger partial charge >= 0.3 is 6.36 Å². The summed E-state index contributed by atoms with van der Waals surface area (Å²) in [5.74, 6) is -0.311. The summed E-state index contributed by atoms with van der Waals surface area (Å²) in [6.07, 6.45) is -5.03. The molecular weight excluding hydrogens is 253 g/mol. The molecule has 0 spiro atoms. The fourth-order valence-electron chi connectivity index (χ4n) is 1.22. The standard InChI is InChI=1S/C7H8BrF3O2/c8-3-6(12)4-1-5(2-4)13-7(9,10)11/h4-5H,1-3H2. The number of carbonyl (C=O) groups is 1. The number of rotatable bonds is 3. The molecule has 1 aliphatic carbocycles. The molecule has 0 atom stereocenters. The molecule has 0 aromatic carbocycles. The van der Waals surface area contributed by atoms with E-state index < -0.39 is 12.5 Å². The third kappa shape index (κ3) is 3.27. The van der Waals surface area contributed by atoms with Crippen LogP contribution >= 0.6 is 15.9 Å². The second-order valence-electron chi connectivity index (χ2n) is 2.95. The molecule has 76 valence electrons. The van der Waals surface area contributed by atoms with Crippen LogP contribution in [0.2, 0.25) is 0 Å². The number of Topliss-reactive ketones (excluding diaryl/α,β-unsaturated/α-hetero) is 1. The first kappa shape index (κ1) is 11.0. The van der Waals surface area contributed by atoms with Crippen LogP contribution in [-0.4, -0.2) is 23.6 Å². The third-order valence-corrected chi connectivity index (χ3v) is 2.53. The minimum atomic E-state index is -4.58. The molecule has 0 radical (unpaired) electrons. The van der Waals surface area contributed by atoms with Gasteiger partial charge in [0.25, 0.3) is 0 Å². The molecule has 0 bridgehead atoms. The van der Waals surface area contributed by atoms with Gasteiger partial charge in [-0.15, -0.1) is 13.2 Å². The summed E-state index contributed by atoms with van der Waals surface area (Å²) < 4.78 is 38.6. The molecule has 1 rings (SSSR count). The highest BCUT2D eigenvalue weighted by atomic mass is 79.9. The van der Waals surface area contributed by atoms with Crippen molar-refractivity contribution in [2.24, 2.45) is 5.92 Å². The molecule has 1 aliphatic rings. The molecule has 0 aromatic rings. The molecule has 0 N–H and O–H groups in total. The van der Waals surface area contributed by atoms with E-state index in [2.05, 4.69) is 20.7 Å². The molecule has 1 fully saturated rings. The quantitative estimate of drug-likeness (QED) is 0.728. The maximum absolute atomic E-state index is 11.6. The van der Waals surface area contributed by atoms with Crippen LogP contribution in [-0.2, 0) is 9.53 Å². The highest BCUT2D eigenvalue weighted by Gasteiger charge is 2.42. The third-order valence-electron chi connectivity index (χ3n) is 1.98. The molecule has 1 saturated carbocycles. The van der Waals surface area contributed by atoms with Gasteiger partial charge in [0.05, 0.1) is 11.4 Å². The van der Waals surface area contributed by atoms with Crippen molar-refractivity contribution in [2.75, 3.05) is 5.33 Å². The van der Waals surface area contributed by atoms with E-state index in [4.69, 9.17) is 0 Å². The van der Waals surface area contributed by atoms with Crippen molar-refractivity contribution in [3.63, 3.8) is 0 Å². The van der Waals surface area contributed by atoms with Crippen LogP contribution in [0.1, 0.15) is 12.8 Å². The van der Waals surface area contributed by atoms with Gasteiger partial charge in [0.2, 0.25) is 0 Å². The molecule has 13 heavy (non-hydrogen) atoms. The maximum Gasteiger partial charge on any atom is 0.522 e. The van der Waals surface area contributed by atoms with E-state index in [0.717, 1.165) is 0 Å². The van der Waals surface area contributed by atoms with E-state index in [9.17, 15) is 18.0 Å². The van der Waals surface area contributed by atoms with Crippen molar-refractivity contribution < 1.29 is 22.7 Å². The molecule has 0 saturated heterocycles. The maximum atomic E-state index is 11.6. The summed E-state index contributed by atoms with van der Waals surface area (Å²) in [5, 5.41) is 0.205. The molecule has 0 aromatic heterocycles. The van der Waals surface area contributed by atoms with Crippen molar-refractivity contribution >= 4 is 21.7 Å². The predicted molar refractivity (Wildman–Crippen MR) is 42.5 cm³/mol. The minimum Gasteiger partial charge on any atom is -0.298 e. The van der Waals surface area contributed by atoms with Crippen molar-refractivity contribution in [1.29, 1.82) is 0 Å². The van der Waals surface area contributed by atoms with E-state index in [1.165, 1.54) is 0 Å². The lowest BCUT2D eigenvalue weighted by atomic mass is 9.80. The number of hydrogen-bond donors (Lipinski definition) is 0. The summed E-state index contributed by atoms with van der Waals surface area (Å²) in [6, 6.07) is 0. The zero-order chi connectivity index (χ0) is 10.1. The summed E-state index contributed by atoms with van der Waals surface area (Å²) in [6.45, 7) is 0. The fraction of sp³-hybridized carbons (Fsp3) is 0.857. The lowest BCUT2D eigenvalue weighted by molar-refractivity contribution is -0.353. The Morgan fingerprint density at radius 1 is 1.46 bits per heavy atom. The Morgan fingerprint density at radius 2 is 2.00 bits per heavy atom. The molecule has 2 nitrogen and oxygen atoms in total. The summed E-state index contributed by atoms with van der Waals surface area (Å²) in [5.41, 5.74) is 0. The number of ketones is 1. The van der Waals surface area contributed by atoms with Gasteiger partial charge in [0.15, 0.2) is 0 Å². The molecular formula is C7H8BrF3O2. The van der Waals surface area contributed by atoms with Gasteiger partial charge < -0.3 is 0 Å². The van der Waals surface area contributed by atoms with Crippen molar-refractivity contribution in [2.45, 2.75) is 25.3 Å². The minimum absolute atomic E-state index is 0.0537. The lowest BCUT2D eigenvalue weighted by Gasteiger charge is -2.33. The van der Waals surface area contributed by atoms with Crippen LogP contribution in [0.25, 0.3) is 0 Å². The smallest absolute Gasteiger partial charge is 0.298 e. The summed E-state index contributed by atoms with van der Waals surface area (Å²) in [7, 11) is 0. The Labute approximate surface area is 81.6 Å². The van der Waals surface area contributed by atoms with Gasteiger partial charge in [0.1, 0.15) is 5.78 Å². The van der Waals surface area contributed by atoms with Gasteiger partial charge in [-0.1, -0.05) is 15.9 Å². The average molecular weight is 261 g/mol. The number of halogens is 4. The Bertz CT molecular complexity index is 198. The monoisotopic (exact) mass is 260 g/mol. The predicted octanol–water partition coefficient (Wildman–Crippen LogP) is 2.27. The highest BCUT2D eigenvalue weighted by molar-refractivity contribution is 9.09. The van der Waals surface area contributed by atoms with Crippen molar-refractivity contribution in [3.05, 3.63) is 0 Å². The number of alkyl halides is 4. The van der Waals surface area contributed by atoms with Crippen LogP contribution in [0.4, 0.5) is 13.2 Å². The van der Waals surface area contributed by atoms with E-state index in [0.29, 0.717) is 0 Å². The van der Waals surface area contributed by atoms with Gasteiger partial charge in [-0.2, -0.15) is 0 Å². The molecule has 0 heterocycles. The SMILES string of the molecule is O=C(CBr)C1CC(OC(F)(F)F)C1. The van der Waals surface area contributed by atoms with Crippen molar-refractivity contribution in [1.82, 2.24) is 0 Å². The zero-order valence-electron chi connectivity index (χ0n) is 6.60. The molecule has 6 heteroatoms. The average Bonchev–Trinajstić information content (AvgIpc) is 1.92. The van der Waals surface area contributed by atoms with E-state index >= 15 is 0 Å². The van der Waals surface area contributed by atoms with Gasteiger partial charge in [0, 0.05) is 5.92 Å². The van der Waals surface area contributed by atoms with Crippen LogP contribution in [0.15, 0.2) is 0 Å². The van der Waals surface area contributed by atoms with E-state index in [-0.39, 0.29) is 29.9 Å². The van der Waals surface area contributed by atoms with Crippen LogP contribution in [0.5, 0.6) is 0 Å². The molecule has 0 unspecified atom stereocenters. The van der Waals surface area contributed by atoms with Crippen LogP contribution in [0.3, 0.4) is 0 Å². The first-order valence-electron chi connectivity index (χ1n) is 3.75. The summed E-state index contributed by atoms with van der Waals surface area (Å²) >= 11 is 2.96. The normalized spacial score (nSPS) is 28.3. The number of carbonyl (C=O) groups excluding carboxylic acids is 1. The topological polar surface area (TPSA) is 26.3 Å². The fourth-order valence-corrected chi connectivity index (χ4v) is 1.68. The lowest BCUT2D eigenvalue weighted by Crippen LogP contribution is -2.39. The number of hydrogen-bond acceptors (Lipinski definition) is 2. The second kappa shape index (κ2) is 3.96.